The molecule has 0 radical (unpaired) electrons. The fourth-order valence-corrected chi connectivity index (χ4v) is 4.59. The number of aromatic amines is 1. The van der Waals surface area contributed by atoms with Crippen LogP contribution in [-0.4, -0.2) is 52.1 Å². The van der Waals surface area contributed by atoms with E-state index in [1.807, 2.05) is 6.92 Å². The Kier molecular flexibility index (Phi) is 6.11. The SMILES string of the molecule is CCn1c(COC(=O)Cn2[nH]c(=O)c3ccccc3c2=O)nc2cc(S(=O)(=O)N(C)C)ccc21. The molecule has 2 aromatic carbocycles. The molecule has 0 unspecified atom stereocenters. The number of nitrogens with zero attached hydrogens (tertiary/aromatic N) is 4. The summed E-state index contributed by atoms with van der Waals surface area (Å²) in [6.07, 6.45) is 0. The first kappa shape index (κ1) is 23.4. The summed E-state index contributed by atoms with van der Waals surface area (Å²) in [6.45, 7) is 1.73. The lowest BCUT2D eigenvalue weighted by molar-refractivity contribution is -0.146. The Morgan fingerprint density at radius 2 is 1.82 bits per heavy atom. The number of nitrogens with one attached hydrogen (secondary N) is 1. The van der Waals surface area contributed by atoms with Gasteiger partial charge in [0.05, 0.1) is 26.7 Å². The maximum atomic E-state index is 12.6. The maximum Gasteiger partial charge on any atom is 0.328 e. The number of benzene rings is 2. The van der Waals surface area contributed by atoms with E-state index in [-0.39, 0.29) is 22.3 Å². The molecule has 0 bridgehead atoms. The lowest BCUT2D eigenvalue weighted by Gasteiger charge is -2.11. The smallest absolute Gasteiger partial charge is 0.328 e. The molecule has 0 fully saturated rings. The summed E-state index contributed by atoms with van der Waals surface area (Å²) in [7, 11) is -0.730. The highest BCUT2D eigenvalue weighted by molar-refractivity contribution is 7.89. The zero-order chi connectivity index (χ0) is 24.6. The standard InChI is InChI=1S/C22H23N5O6S/c1-4-26-18-10-9-14(34(31,32)25(2)3)11-17(18)23-19(26)13-33-20(28)12-27-22(30)16-8-6-5-7-15(16)21(29)24-27/h5-11H,4,12-13H2,1-3H3,(H,24,29). The molecule has 4 rings (SSSR count). The number of sulfonamides is 1. The molecule has 0 aliphatic heterocycles. The van der Waals surface area contributed by atoms with Crippen molar-refractivity contribution in [3.8, 4) is 0 Å². The molecule has 2 aromatic heterocycles. The summed E-state index contributed by atoms with van der Waals surface area (Å²) in [4.78, 5) is 41.8. The van der Waals surface area contributed by atoms with E-state index in [4.69, 9.17) is 4.74 Å². The number of carbonyl (C=O) groups is 1. The average Bonchev–Trinajstić information content (AvgIpc) is 3.17. The van der Waals surface area contributed by atoms with Crippen LogP contribution in [0.25, 0.3) is 21.8 Å². The molecule has 178 valence electrons. The van der Waals surface area contributed by atoms with Gasteiger partial charge in [-0.15, -0.1) is 0 Å². The highest BCUT2D eigenvalue weighted by atomic mass is 32.2. The van der Waals surface area contributed by atoms with Crippen molar-refractivity contribution in [3.05, 3.63) is 69.0 Å². The van der Waals surface area contributed by atoms with Crippen molar-refractivity contribution in [2.24, 2.45) is 0 Å². The zero-order valence-corrected chi connectivity index (χ0v) is 19.6. The number of aryl methyl sites for hydroxylation is 1. The van der Waals surface area contributed by atoms with Gasteiger partial charge in [0.2, 0.25) is 10.0 Å². The second kappa shape index (κ2) is 8.88. The van der Waals surface area contributed by atoms with Crippen molar-refractivity contribution in [1.29, 1.82) is 0 Å². The summed E-state index contributed by atoms with van der Waals surface area (Å²) < 4.78 is 34.0. The topological polar surface area (TPSA) is 136 Å². The number of H-pyrrole nitrogens is 1. The van der Waals surface area contributed by atoms with E-state index < -0.39 is 33.7 Å². The van der Waals surface area contributed by atoms with Gasteiger partial charge in [0.25, 0.3) is 11.1 Å². The van der Waals surface area contributed by atoms with Gasteiger partial charge in [-0.25, -0.2) is 22.4 Å². The van der Waals surface area contributed by atoms with Crippen LogP contribution < -0.4 is 11.1 Å². The number of esters is 1. The van der Waals surface area contributed by atoms with Gasteiger partial charge in [-0.2, -0.15) is 0 Å². The molecule has 2 heterocycles. The molecule has 0 saturated heterocycles. The molecule has 0 saturated carbocycles. The van der Waals surface area contributed by atoms with E-state index in [0.717, 1.165) is 8.99 Å². The molecule has 34 heavy (non-hydrogen) atoms. The van der Waals surface area contributed by atoms with Gasteiger partial charge in [0.1, 0.15) is 19.0 Å². The fourth-order valence-electron chi connectivity index (χ4n) is 3.67. The first-order chi connectivity index (χ1) is 16.1. The third-order valence-electron chi connectivity index (χ3n) is 5.43. The van der Waals surface area contributed by atoms with Crippen molar-refractivity contribution in [3.63, 3.8) is 0 Å². The minimum atomic E-state index is -3.62. The highest BCUT2D eigenvalue weighted by Gasteiger charge is 2.20. The van der Waals surface area contributed by atoms with Gasteiger partial charge in [-0.3, -0.25) is 19.5 Å². The van der Waals surface area contributed by atoms with E-state index in [1.165, 1.54) is 38.4 Å². The van der Waals surface area contributed by atoms with Crippen LogP contribution in [0, 0.1) is 0 Å². The van der Waals surface area contributed by atoms with Crippen LogP contribution >= 0.6 is 0 Å². The average molecular weight is 486 g/mol. The second-order valence-corrected chi connectivity index (χ2v) is 9.90. The number of ether oxygens (including phenoxy) is 1. The molecule has 0 atom stereocenters. The Labute approximate surface area is 194 Å². The first-order valence-electron chi connectivity index (χ1n) is 10.4. The van der Waals surface area contributed by atoms with Crippen LogP contribution in [0.4, 0.5) is 0 Å². The Hall–Kier alpha value is -3.77. The summed E-state index contributed by atoms with van der Waals surface area (Å²) >= 11 is 0. The minimum absolute atomic E-state index is 0.105. The van der Waals surface area contributed by atoms with Gasteiger partial charge in [0, 0.05) is 20.6 Å². The Balaban J connectivity index is 1.57. The van der Waals surface area contributed by atoms with E-state index in [9.17, 15) is 22.8 Å². The first-order valence-corrected chi connectivity index (χ1v) is 11.9. The minimum Gasteiger partial charge on any atom is -0.456 e. The van der Waals surface area contributed by atoms with Crippen LogP contribution in [0.15, 0.2) is 56.9 Å². The van der Waals surface area contributed by atoms with Crippen molar-refractivity contribution >= 4 is 37.8 Å². The second-order valence-electron chi connectivity index (χ2n) is 7.75. The van der Waals surface area contributed by atoms with E-state index in [1.54, 1.807) is 22.8 Å². The van der Waals surface area contributed by atoms with Crippen LogP contribution in [0.3, 0.4) is 0 Å². The number of fused-ring (bicyclic) bond motifs is 2. The Morgan fingerprint density at radius 3 is 2.50 bits per heavy atom. The summed E-state index contributed by atoms with van der Waals surface area (Å²) in [5.74, 6) is -0.316. The Morgan fingerprint density at radius 1 is 1.12 bits per heavy atom. The zero-order valence-electron chi connectivity index (χ0n) is 18.8. The molecular weight excluding hydrogens is 462 g/mol. The molecule has 1 N–H and O–H groups in total. The lowest BCUT2D eigenvalue weighted by atomic mass is 10.2. The van der Waals surface area contributed by atoms with Crippen LogP contribution in [-0.2, 0) is 39.3 Å². The van der Waals surface area contributed by atoms with Crippen LogP contribution in [0.1, 0.15) is 12.7 Å². The van der Waals surface area contributed by atoms with Gasteiger partial charge < -0.3 is 9.30 Å². The maximum absolute atomic E-state index is 12.6. The summed E-state index contributed by atoms with van der Waals surface area (Å²) in [6, 6.07) is 11.0. The molecule has 4 aromatic rings. The monoisotopic (exact) mass is 485 g/mol. The predicted molar refractivity (Wildman–Crippen MR) is 125 cm³/mol. The van der Waals surface area contributed by atoms with Crippen LogP contribution in [0.5, 0.6) is 0 Å². The number of rotatable bonds is 7. The highest BCUT2D eigenvalue weighted by Crippen LogP contribution is 2.22. The van der Waals surface area contributed by atoms with Crippen LogP contribution in [0.2, 0.25) is 0 Å². The third kappa shape index (κ3) is 4.13. The molecule has 0 spiro atoms. The third-order valence-corrected chi connectivity index (χ3v) is 7.24. The number of hydrogen-bond acceptors (Lipinski definition) is 7. The summed E-state index contributed by atoms with van der Waals surface area (Å²) in [5, 5.41) is 2.83. The van der Waals surface area contributed by atoms with E-state index >= 15 is 0 Å². The largest absolute Gasteiger partial charge is 0.456 e. The normalized spacial score (nSPS) is 12.0. The molecule has 0 aliphatic rings. The number of aromatic nitrogens is 4. The fraction of sp³-hybridized carbons (Fsp3) is 0.273. The molecule has 11 nitrogen and oxygen atoms in total. The Bertz CT molecular complexity index is 1630. The van der Waals surface area contributed by atoms with Crippen molar-refractivity contribution < 1.29 is 17.9 Å². The van der Waals surface area contributed by atoms with Gasteiger partial charge >= 0.3 is 5.97 Å². The molecular formula is C22H23N5O6S. The van der Waals surface area contributed by atoms with E-state index in [0.29, 0.717) is 23.4 Å². The predicted octanol–water partition coefficient (Wildman–Crippen LogP) is 1.05. The van der Waals surface area contributed by atoms with Crippen molar-refractivity contribution in [2.75, 3.05) is 14.1 Å². The summed E-state index contributed by atoms with van der Waals surface area (Å²) in [5.41, 5.74) is 0.147. The van der Waals surface area contributed by atoms with Gasteiger partial charge in [0.15, 0.2) is 0 Å². The number of imidazole rings is 1. The van der Waals surface area contributed by atoms with Crippen molar-refractivity contribution in [1.82, 2.24) is 23.6 Å². The van der Waals surface area contributed by atoms with Gasteiger partial charge in [-0.05, 0) is 37.3 Å². The molecule has 0 amide bonds. The molecule has 12 heteroatoms. The lowest BCUT2D eigenvalue weighted by Crippen LogP contribution is -2.32. The van der Waals surface area contributed by atoms with Gasteiger partial charge in [-0.1, -0.05) is 12.1 Å². The van der Waals surface area contributed by atoms with Crippen molar-refractivity contribution in [2.45, 2.75) is 31.5 Å². The molecule has 0 aliphatic carbocycles. The quantitative estimate of drug-likeness (QED) is 0.387. The number of carbonyl (C=O) groups excluding carboxylic acids is 1. The number of hydrogen-bond donors (Lipinski definition) is 1. The van der Waals surface area contributed by atoms with E-state index in [2.05, 4.69) is 10.1 Å².